The van der Waals surface area contributed by atoms with E-state index in [1.165, 1.54) is 12.1 Å². The van der Waals surface area contributed by atoms with Gasteiger partial charge in [0.2, 0.25) is 0 Å². The molecule has 2 unspecified atom stereocenters. The van der Waals surface area contributed by atoms with Crippen LogP contribution in [0.3, 0.4) is 0 Å². The van der Waals surface area contributed by atoms with Crippen molar-refractivity contribution in [3.05, 3.63) is 23.8 Å². The van der Waals surface area contributed by atoms with Crippen molar-refractivity contribution in [3.63, 3.8) is 0 Å². The van der Waals surface area contributed by atoms with Crippen molar-refractivity contribution < 1.29 is 24.5 Å². The van der Waals surface area contributed by atoms with E-state index in [4.69, 9.17) is 32.7 Å². The Balaban J connectivity index is 0.00000400. The molecule has 2 N–H and O–H groups in total. The van der Waals surface area contributed by atoms with Crippen LogP contribution in [0, 0.1) is 0 Å². The number of rotatable bonds is 9. The molecule has 0 aliphatic heterocycles. The standard InChI is InChI=1S/C13H16Cl2O5.K/c14-4-10(17)7-19-12-1-9(6-16)2-13(3-12)20-8-11(18)5-15;/h1-3,6,10-11,17-18H,4-5,7-8H2;. The summed E-state index contributed by atoms with van der Waals surface area (Å²) < 4.78 is 10.6. The molecule has 0 amide bonds. The van der Waals surface area contributed by atoms with E-state index in [9.17, 15) is 15.0 Å². The van der Waals surface area contributed by atoms with Crippen molar-refractivity contribution >= 4 is 80.9 Å². The Hall–Kier alpha value is 0.626. The molecule has 113 valence electrons. The number of carbonyl (C=O) groups is 1. The summed E-state index contributed by atoms with van der Waals surface area (Å²) in [7, 11) is 0. The van der Waals surface area contributed by atoms with E-state index >= 15 is 0 Å². The number of aldehydes is 1. The van der Waals surface area contributed by atoms with Gasteiger partial charge in [0, 0.05) is 63.0 Å². The third kappa shape index (κ3) is 8.73. The molecule has 21 heavy (non-hydrogen) atoms. The molecule has 0 aromatic heterocycles. The van der Waals surface area contributed by atoms with E-state index in [1.807, 2.05) is 0 Å². The van der Waals surface area contributed by atoms with Crippen molar-refractivity contribution in [3.8, 4) is 11.5 Å². The van der Waals surface area contributed by atoms with Gasteiger partial charge in [0.15, 0.2) is 0 Å². The number of ether oxygens (including phenoxy) is 2. The zero-order chi connectivity index (χ0) is 15.0. The second-order valence-corrected chi connectivity index (χ2v) is 4.71. The third-order valence-electron chi connectivity index (χ3n) is 2.28. The molecule has 1 aromatic rings. The van der Waals surface area contributed by atoms with Gasteiger partial charge in [-0.3, -0.25) is 4.79 Å². The Kier molecular flexibility index (Phi) is 12.5. The predicted molar refractivity (Wildman–Crippen MR) is 82.0 cm³/mol. The Morgan fingerprint density at radius 2 is 1.43 bits per heavy atom. The maximum absolute atomic E-state index is 10.8. The summed E-state index contributed by atoms with van der Waals surface area (Å²) in [5, 5.41) is 18.6. The molecule has 5 nitrogen and oxygen atoms in total. The number of aliphatic hydroxyl groups is 2. The van der Waals surface area contributed by atoms with Gasteiger partial charge in [-0.05, 0) is 12.1 Å². The number of alkyl halides is 2. The van der Waals surface area contributed by atoms with E-state index in [-0.39, 0.29) is 76.4 Å². The minimum Gasteiger partial charge on any atom is -0.491 e. The van der Waals surface area contributed by atoms with Crippen LogP contribution in [0.1, 0.15) is 10.4 Å². The van der Waals surface area contributed by atoms with E-state index in [2.05, 4.69) is 0 Å². The van der Waals surface area contributed by atoms with Crippen LogP contribution in [0.4, 0.5) is 0 Å². The van der Waals surface area contributed by atoms with Crippen molar-refractivity contribution in [1.82, 2.24) is 0 Å². The van der Waals surface area contributed by atoms with Crippen molar-refractivity contribution in [2.45, 2.75) is 12.2 Å². The Morgan fingerprint density at radius 3 is 1.76 bits per heavy atom. The molecular weight excluding hydrogens is 346 g/mol. The van der Waals surface area contributed by atoms with Crippen LogP contribution >= 0.6 is 23.2 Å². The number of benzene rings is 1. The summed E-state index contributed by atoms with van der Waals surface area (Å²) >= 11 is 10.9. The first-order valence-electron chi connectivity index (χ1n) is 5.93. The fourth-order valence-corrected chi connectivity index (χ4v) is 1.48. The molecule has 0 aliphatic rings. The average molecular weight is 362 g/mol. The van der Waals surface area contributed by atoms with Gasteiger partial charge in [0.05, 0.1) is 11.8 Å². The van der Waals surface area contributed by atoms with Crippen LogP contribution in [-0.2, 0) is 0 Å². The number of hydrogen-bond donors (Lipinski definition) is 2. The molecule has 0 fully saturated rings. The molecule has 8 heteroatoms. The first-order valence-corrected chi connectivity index (χ1v) is 6.99. The zero-order valence-corrected chi connectivity index (χ0v) is 16.3. The summed E-state index contributed by atoms with van der Waals surface area (Å²) in [6, 6.07) is 4.58. The first kappa shape index (κ1) is 21.6. The average Bonchev–Trinajstić information content (AvgIpc) is 2.49. The smallest absolute Gasteiger partial charge is 0.150 e. The maximum atomic E-state index is 10.8. The Morgan fingerprint density at radius 1 is 1.00 bits per heavy atom. The largest absolute Gasteiger partial charge is 0.491 e. The topological polar surface area (TPSA) is 76.0 Å². The molecule has 1 radical (unpaired) electrons. The summed E-state index contributed by atoms with van der Waals surface area (Å²) in [4.78, 5) is 10.8. The van der Waals surface area contributed by atoms with E-state index < -0.39 is 12.2 Å². The summed E-state index contributed by atoms with van der Waals surface area (Å²) in [5.41, 5.74) is 0.359. The van der Waals surface area contributed by atoms with Crippen molar-refractivity contribution in [2.75, 3.05) is 25.0 Å². The van der Waals surface area contributed by atoms with Gasteiger partial charge in [0.25, 0.3) is 0 Å². The van der Waals surface area contributed by atoms with Crippen LogP contribution in [0.25, 0.3) is 0 Å². The quantitative estimate of drug-likeness (QED) is 0.391. The summed E-state index contributed by atoms with van der Waals surface area (Å²) in [6.07, 6.45) is -0.937. The molecule has 0 aliphatic carbocycles. The van der Waals surface area contributed by atoms with Gasteiger partial charge in [-0.15, -0.1) is 23.2 Å². The Bertz CT molecular complexity index is 401. The van der Waals surface area contributed by atoms with Crippen LogP contribution in [-0.4, -0.2) is 105 Å². The molecule has 2 atom stereocenters. The van der Waals surface area contributed by atoms with Gasteiger partial charge in [-0.25, -0.2) is 0 Å². The summed E-state index contributed by atoms with van der Waals surface area (Å²) in [5.74, 6) is 0.848. The minimum atomic E-state index is -0.793. The maximum Gasteiger partial charge on any atom is 0.150 e. The number of aliphatic hydroxyl groups excluding tert-OH is 2. The molecule has 0 spiro atoms. The number of carbonyl (C=O) groups excluding carboxylic acids is 1. The fourth-order valence-electron chi connectivity index (χ4n) is 1.30. The summed E-state index contributed by atoms with van der Waals surface area (Å²) in [6.45, 7) is 0.0190. The molecule has 0 bridgehead atoms. The fraction of sp³-hybridized carbons (Fsp3) is 0.462. The van der Waals surface area contributed by atoms with E-state index in [1.54, 1.807) is 6.07 Å². The van der Waals surface area contributed by atoms with Crippen molar-refractivity contribution in [1.29, 1.82) is 0 Å². The molecule has 1 rings (SSSR count). The number of halogens is 2. The van der Waals surface area contributed by atoms with Gasteiger partial charge in [0.1, 0.15) is 43.2 Å². The zero-order valence-electron chi connectivity index (χ0n) is 11.7. The van der Waals surface area contributed by atoms with Gasteiger partial charge >= 0.3 is 0 Å². The SMILES string of the molecule is O=Cc1cc(OCC(O)CCl)cc(OCC(O)CCl)c1.[K]. The van der Waals surface area contributed by atoms with Gasteiger partial charge in [-0.2, -0.15) is 0 Å². The normalized spacial score (nSPS) is 13.0. The number of hydrogen-bond acceptors (Lipinski definition) is 5. The van der Waals surface area contributed by atoms with E-state index in [0.29, 0.717) is 23.3 Å². The van der Waals surface area contributed by atoms with Crippen LogP contribution < -0.4 is 9.47 Å². The van der Waals surface area contributed by atoms with Crippen LogP contribution in [0.2, 0.25) is 0 Å². The predicted octanol–water partition coefficient (Wildman–Crippen LogP) is 1.08. The van der Waals surface area contributed by atoms with E-state index in [0.717, 1.165) is 0 Å². The molecule has 1 aromatic carbocycles. The Labute approximate surface area is 175 Å². The molecule has 0 heterocycles. The van der Waals surface area contributed by atoms with Crippen molar-refractivity contribution in [2.24, 2.45) is 0 Å². The second-order valence-electron chi connectivity index (χ2n) is 4.09. The van der Waals surface area contributed by atoms with Crippen LogP contribution in [0.15, 0.2) is 18.2 Å². The molecule has 0 saturated carbocycles. The monoisotopic (exact) mass is 361 g/mol. The van der Waals surface area contributed by atoms with Crippen LogP contribution in [0.5, 0.6) is 11.5 Å². The van der Waals surface area contributed by atoms with Gasteiger partial charge in [-0.1, -0.05) is 0 Å². The minimum absolute atomic E-state index is 0. The first-order chi connectivity index (χ1) is 9.58. The van der Waals surface area contributed by atoms with Gasteiger partial charge < -0.3 is 19.7 Å². The molecule has 0 saturated heterocycles. The molecular formula is C13H16Cl2KO5. The second kappa shape index (κ2) is 12.1. The third-order valence-corrected chi connectivity index (χ3v) is 2.99.